The number of carboxylic acids is 2. The van der Waals surface area contributed by atoms with Gasteiger partial charge in [0.2, 0.25) is 0 Å². The van der Waals surface area contributed by atoms with Crippen LogP contribution in [0.3, 0.4) is 0 Å². The van der Waals surface area contributed by atoms with E-state index < -0.39 is 17.5 Å². The second-order valence-electron chi connectivity index (χ2n) is 4.17. The fraction of sp³-hybridized carbons (Fsp3) is 0.286. The monoisotopic (exact) mass is 250 g/mol. The molecule has 1 aromatic rings. The summed E-state index contributed by atoms with van der Waals surface area (Å²) in [4.78, 5) is 19.3. The van der Waals surface area contributed by atoms with Crippen molar-refractivity contribution in [2.24, 2.45) is 5.92 Å². The summed E-state index contributed by atoms with van der Waals surface area (Å²) >= 11 is 0. The van der Waals surface area contributed by atoms with Crippen LogP contribution < -0.4 is 0 Å². The molecule has 2 N–H and O–H groups in total. The maximum absolute atomic E-state index is 9.66. The van der Waals surface area contributed by atoms with Gasteiger partial charge < -0.3 is 10.2 Å². The molecule has 98 valence electrons. The van der Waals surface area contributed by atoms with Crippen molar-refractivity contribution >= 4 is 11.9 Å². The van der Waals surface area contributed by atoms with Gasteiger partial charge in [-0.15, -0.1) is 0 Å². The molecule has 0 unspecified atom stereocenters. The molecule has 18 heavy (non-hydrogen) atoms. The Morgan fingerprint density at radius 1 is 1.11 bits per heavy atom. The fourth-order valence-electron chi connectivity index (χ4n) is 1.18. The Hall–Kier alpha value is -2.10. The molecule has 0 saturated carbocycles. The van der Waals surface area contributed by atoms with Crippen LogP contribution in [0.1, 0.15) is 19.4 Å². The average Bonchev–Trinajstić information content (AvgIpc) is 2.29. The molecule has 1 rings (SSSR count). The molecule has 0 atom stereocenters. The third kappa shape index (κ3) is 7.22. The Morgan fingerprint density at radius 3 is 1.83 bits per heavy atom. The lowest BCUT2D eigenvalue weighted by atomic mass is 10.0. The largest absolute Gasteiger partial charge is 0.477 e. The van der Waals surface area contributed by atoms with Gasteiger partial charge in [-0.1, -0.05) is 50.8 Å². The first kappa shape index (κ1) is 15.9. The normalized spacial score (nSPS) is 9.28. The molecule has 4 heteroatoms. The van der Waals surface area contributed by atoms with Crippen molar-refractivity contribution in [3.8, 4) is 0 Å². The van der Waals surface area contributed by atoms with E-state index in [-0.39, 0.29) is 0 Å². The van der Waals surface area contributed by atoms with E-state index in [1.165, 1.54) is 12.0 Å². The Labute approximate surface area is 107 Å². The SMILES string of the molecule is C=C(C(=O)O)C(=O)O.CC(C)Cc1ccccc1. The molecule has 0 aliphatic heterocycles. The molecule has 0 fully saturated rings. The van der Waals surface area contributed by atoms with Crippen molar-refractivity contribution in [3.63, 3.8) is 0 Å². The minimum Gasteiger partial charge on any atom is -0.477 e. The summed E-state index contributed by atoms with van der Waals surface area (Å²) in [6.45, 7) is 7.24. The second-order valence-corrected chi connectivity index (χ2v) is 4.17. The molecular weight excluding hydrogens is 232 g/mol. The topological polar surface area (TPSA) is 74.6 Å². The van der Waals surface area contributed by atoms with Crippen LogP contribution in [0.25, 0.3) is 0 Å². The zero-order valence-corrected chi connectivity index (χ0v) is 10.6. The zero-order chi connectivity index (χ0) is 14.1. The van der Waals surface area contributed by atoms with Gasteiger partial charge in [0.1, 0.15) is 5.57 Å². The maximum Gasteiger partial charge on any atom is 0.342 e. The molecule has 0 spiro atoms. The minimum atomic E-state index is -1.50. The van der Waals surface area contributed by atoms with Gasteiger partial charge in [0.05, 0.1) is 0 Å². The maximum atomic E-state index is 9.66. The molecular formula is C14H18O4. The molecule has 0 aliphatic rings. The number of carbonyl (C=O) groups is 2. The number of benzene rings is 1. The molecule has 0 heterocycles. The van der Waals surface area contributed by atoms with Crippen LogP contribution >= 0.6 is 0 Å². The summed E-state index contributed by atoms with van der Waals surface area (Å²) in [7, 11) is 0. The van der Waals surface area contributed by atoms with E-state index in [9.17, 15) is 9.59 Å². The van der Waals surface area contributed by atoms with Crippen molar-refractivity contribution in [2.75, 3.05) is 0 Å². The zero-order valence-electron chi connectivity index (χ0n) is 10.6. The summed E-state index contributed by atoms with van der Waals surface area (Å²) in [6, 6.07) is 10.6. The lowest BCUT2D eigenvalue weighted by Crippen LogP contribution is -2.08. The van der Waals surface area contributed by atoms with Crippen LogP contribution in [0, 0.1) is 5.92 Å². The predicted molar refractivity (Wildman–Crippen MR) is 69.4 cm³/mol. The van der Waals surface area contributed by atoms with Gasteiger partial charge in [-0.2, -0.15) is 0 Å². The van der Waals surface area contributed by atoms with Crippen molar-refractivity contribution in [2.45, 2.75) is 20.3 Å². The molecule has 0 aliphatic carbocycles. The molecule has 0 saturated heterocycles. The van der Waals surface area contributed by atoms with E-state index in [4.69, 9.17) is 10.2 Å². The highest BCUT2D eigenvalue weighted by molar-refractivity contribution is 6.11. The number of rotatable bonds is 4. The Morgan fingerprint density at radius 2 is 1.56 bits per heavy atom. The van der Waals surface area contributed by atoms with Crippen LogP contribution in [0.15, 0.2) is 42.5 Å². The average molecular weight is 250 g/mol. The third-order valence-electron chi connectivity index (χ3n) is 2.00. The molecule has 0 aromatic heterocycles. The summed E-state index contributed by atoms with van der Waals surface area (Å²) in [5, 5.41) is 15.7. The quantitative estimate of drug-likeness (QED) is 0.489. The minimum absolute atomic E-state index is 0.766. The standard InChI is InChI=1S/C10H14.C4H4O4/c1-9(2)8-10-6-4-3-5-7-10;1-2(3(5)6)4(7)8/h3-7,9H,8H2,1-2H3;1H2,(H,5,6)(H,7,8). The van der Waals surface area contributed by atoms with Crippen molar-refractivity contribution in [3.05, 3.63) is 48.0 Å². The van der Waals surface area contributed by atoms with E-state index >= 15 is 0 Å². The van der Waals surface area contributed by atoms with E-state index in [1.807, 2.05) is 0 Å². The van der Waals surface area contributed by atoms with Crippen LogP contribution in [0.5, 0.6) is 0 Å². The first-order valence-corrected chi connectivity index (χ1v) is 5.54. The molecule has 0 amide bonds. The number of hydrogen-bond acceptors (Lipinski definition) is 2. The molecule has 4 nitrogen and oxygen atoms in total. The Balaban J connectivity index is 0.000000331. The van der Waals surface area contributed by atoms with Crippen LogP contribution in [0.4, 0.5) is 0 Å². The smallest absolute Gasteiger partial charge is 0.342 e. The highest BCUT2D eigenvalue weighted by Gasteiger charge is 2.10. The summed E-state index contributed by atoms with van der Waals surface area (Å²) in [5.74, 6) is -2.24. The van der Waals surface area contributed by atoms with Crippen LogP contribution in [0.2, 0.25) is 0 Å². The van der Waals surface area contributed by atoms with Gasteiger partial charge >= 0.3 is 11.9 Å². The van der Waals surface area contributed by atoms with E-state index in [0.717, 1.165) is 5.92 Å². The van der Waals surface area contributed by atoms with E-state index in [0.29, 0.717) is 0 Å². The Bertz CT molecular complexity index is 391. The first-order chi connectivity index (χ1) is 8.34. The fourth-order valence-corrected chi connectivity index (χ4v) is 1.18. The van der Waals surface area contributed by atoms with Crippen LogP contribution in [-0.2, 0) is 16.0 Å². The third-order valence-corrected chi connectivity index (χ3v) is 2.00. The van der Waals surface area contributed by atoms with E-state index in [1.54, 1.807) is 0 Å². The van der Waals surface area contributed by atoms with Crippen molar-refractivity contribution in [1.82, 2.24) is 0 Å². The van der Waals surface area contributed by atoms with E-state index in [2.05, 4.69) is 50.8 Å². The summed E-state index contributed by atoms with van der Waals surface area (Å²) in [6.07, 6.45) is 1.20. The summed E-state index contributed by atoms with van der Waals surface area (Å²) in [5.41, 5.74) is 0.627. The highest BCUT2D eigenvalue weighted by Crippen LogP contribution is 2.05. The van der Waals surface area contributed by atoms with Gasteiger partial charge in [0.25, 0.3) is 0 Å². The highest BCUT2D eigenvalue weighted by atomic mass is 16.4. The number of hydrogen-bond donors (Lipinski definition) is 2. The number of carboxylic acid groups (broad SMARTS) is 2. The lowest BCUT2D eigenvalue weighted by molar-refractivity contribution is -0.140. The summed E-state index contributed by atoms with van der Waals surface area (Å²) < 4.78 is 0. The van der Waals surface area contributed by atoms with Gasteiger partial charge in [0, 0.05) is 0 Å². The van der Waals surface area contributed by atoms with Gasteiger partial charge in [0.15, 0.2) is 0 Å². The van der Waals surface area contributed by atoms with Crippen LogP contribution in [-0.4, -0.2) is 22.2 Å². The van der Waals surface area contributed by atoms with Gasteiger partial charge in [-0.05, 0) is 17.9 Å². The number of aliphatic carboxylic acids is 2. The molecule has 0 radical (unpaired) electrons. The second kappa shape index (κ2) is 8.06. The van der Waals surface area contributed by atoms with Crippen molar-refractivity contribution < 1.29 is 19.8 Å². The molecule has 1 aromatic carbocycles. The Kier molecular flexibility index (Phi) is 7.12. The lowest BCUT2D eigenvalue weighted by Gasteiger charge is -2.02. The van der Waals surface area contributed by atoms with Gasteiger partial charge in [-0.3, -0.25) is 0 Å². The predicted octanol–water partition coefficient (Wildman–Crippen LogP) is 2.60. The first-order valence-electron chi connectivity index (χ1n) is 5.54. The van der Waals surface area contributed by atoms with Crippen molar-refractivity contribution in [1.29, 1.82) is 0 Å². The van der Waals surface area contributed by atoms with Gasteiger partial charge in [-0.25, -0.2) is 9.59 Å². The molecule has 0 bridgehead atoms.